The van der Waals surface area contributed by atoms with Crippen molar-refractivity contribution in [3.8, 4) is 0 Å². The first kappa shape index (κ1) is 9.02. The van der Waals surface area contributed by atoms with Crippen molar-refractivity contribution in [2.45, 2.75) is 30.3 Å². The number of H-pyrrole nitrogens is 1. The van der Waals surface area contributed by atoms with Crippen LogP contribution in [-0.2, 0) is 0 Å². The van der Waals surface area contributed by atoms with Crippen molar-refractivity contribution < 1.29 is 0 Å². The summed E-state index contributed by atoms with van der Waals surface area (Å²) in [4.78, 5) is 4.40. The first-order valence-electron chi connectivity index (χ1n) is 4.65. The lowest BCUT2D eigenvalue weighted by Crippen LogP contribution is -1.99. The standard InChI is InChI=1S/C8H14N4S/c9-4-1-5-13-8-10-7(11-12-8)6-2-3-6/h6H,1-5,9H2,(H,10,11,12). The Balaban J connectivity index is 1.82. The monoisotopic (exact) mass is 198 g/mol. The number of thioether (sulfide) groups is 1. The maximum absolute atomic E-state index is 5.39. The molecule has 5 heteroatoms. The van der Waals surface area contributed by atoms with Gasteiger partial charge < -0.3 is 5.73 Å². The summed E-state index contributed by atoms with van der Waals surface area (Å²) < 4.78 is 0. The van der Waals surface area contributed by atoms with Gasteiger partial charge in [0.25, 0.3) is 0 Å². The van der Waals surface area contributed by atoms with Crippen LogP contribution in [0.4, 0.5) is 0 Å². The smallest absolute Gasteiger partial charge is 0.208 e. The Morgan fingerprint density at radius 2 is 2.38 bits per heavy atom. The van der Waals surface area contributed by atoms with E-state index in [0.717, 1.165) is 29.7 Å². The van der Waals surface area contributed by atoms with E-state index < -0.39 is 0 Å². The molecule has 2 rings (SSSR count). The first-order chi connectivity index (χ1) is 6.40. The van der Waals surface area contributed by atoms with Crippen LogP contribution < -0.4 is 5.73 Å². The molecular formula is C8H14N4S. The molecule has 0 saturated heterocycles. The molecule has 0 spiro atoms. The first-order valence-corrected chi connectivity index (χ1v) is 5.64. The number of aromatic amines is 1. The van der Waals surface area contributed by atoms with E-state index >= 15 is 0 Å². The Hall–Kier alpha value is -0.550. The van der Waals surface area contributed by atoms with Crippen LogP contribution in [0.1, 0.15) is 31.0 Å². The third kappa shape index (κ3) is 2.45. The second kappa shape index (κ2) is 4.11. The fraction of sp³-hybridized carbons (Fsp3) is 0.750. The maximum Gasteiger partial charge on any atom is 0.208 e. The molecule has 0 bridgehead atoms. The third-order valence-corrected chi connectivity index (χ3v) is 2.96. The van der Waals surface area contributed by atoms with E-state index in [4.69, 9.17) is 5.73 Å². The lowest BCUT2D eigenvalue weighted by molar-refractivity contribution is 0.926. The topological polar surface area (TPSA) is 67.6 Å². The van der Waals surface area contributed by atoms with Crippen molar-refractivity contribution in [2.75, 3.05) is 12.3 Å². The zero-order chi connectivity index (χ0) is 9.10. The van der Waals surface area contributed by atoms with Gasteiger partial charge in [0.05, 0.1) is 0 Å². The van der Waals surface area contributed by atoms with E-state index in [1.165, 1.54) is 12.8 Å². The minimum absolute atomic E-state index is 0.663. The number of aromatic nitrogens is 3. The zero-order valence-corrected chi connectivity index (χ0v) is 8.31. The molecule has 4 nitrogen and oxygen atoms in total. The van der Waals surface area contributed by atoms with Crippen LogP contribution in [0.5, 0.6) is 0 Å². The van der Waals surface area contributed by atoms with Crippen molar-refractivity contribution >= 4 is 11.8 Å². The normalized spacial score (nSPS) is 16.4. The summed E-state index contributed by atoms with van der Waals surface area (Å²) in [6.45, 7) is 0.743. The molecule has 0 unspecified atom stereocenters. The van der Waals surface area contributed by atoms with Crippen LogP contribution in [0.3, 0.4) is 0 Å². The average molecular weight is 198 g/mol. The molecule has 1 fully saturated rings. The molecule has 3 N–H and O–H groups in total. The molecule has 1 heterocycles. The van der Waals surface area contributed by atoms with E-state index in [2.05, 4.69) is 15.2 Å². The highest BCUT2D eigenvalue weighted by atomic mass is 32.2. The summed E-state index contributed by atoms with van der Waals surface area (Å²) >= 11 is 1.68. The highest BCUT2D eigenvalue weighted by molar-refractivity contribution is 7.99. The minimum Gasteiger partial charge on any atom is -0.330 e. The molecule has 13 heavy (non-hydrogen) atoms. The van der Waals surface area contributed by atoms with Crippen molar-refractivity contribution in [1.82, 2.24) is 15.2 Å². The Labute approximate surface area is 81.7 Å². The molecule has 72 valence electrons. The number of nitrogens with one attached hydrogen (secondary N) is 1. The largest absolute Gasteiger partial charge is 0.330 e. The fourth-order valence-corrected chi connectivity index (χ4v) is 1.88. The molecule has 0 radical (unpaired) electrons. The number of nitrogens with two attached hydrogens (primary N) is 1. The van der Waals surface area contributed by atoms with Crippen LogP contribution in [0.15, 0.2) is 5.16 Å². The zero-order valence-electron chi connectivity index (χ0n) is 7.49. The molecule has 0 atom stereocenters. The van der Waals surface area contributed by atoms with E-state index in [9.17, 15) is 0 Å². The SMILES string of the molecule is NCCCSc1n[nH]c(C2CC2)n1. The molecule has 0 amide bonds. The van der Waals surface area contributed by atoms with Crippen LogP contribution >= 0.6 is 11.8 Å². The third-order valence-electron chi connectivity index (χ3n) is 2.03. The van der Waals surface area contributed by atoms with Gasteiger partial charge in [-0.25, -0.2) is 4.98 Å². The van der Waals surface area contributed by atoms with Gasteiger partial charge in [-0.05, 0) is 25.8 Å². The summed E-state index contributed by atoms with van der Waals surface area (Å²) in [5.74, 6) is 2.74. The average Bonchev–Trinajstić information content (AvgIpc) is 2.88. The van der Waals surface area contributed by atoms with Gasteiger partial charge in [0.1, 0.15) is 5.82 Å². The minimum atomic E-state index is 0.663. The number of nitrogens with zero attached hydrogens (tertiary/aromatic N) is 2. The van der Waals surface area contributed by atoms with E-state index in [-0.39, 0.29) is 0 Å². The van der Waals surface area contributed by atoms with Crippen LogP contribution in [0.25, 0.3) is 0 Å². The maximum atomic E-state index is 5.39. The predicted octanol–water partition coefficient (Wildman–Crippen LogP) is 1.12. The van der Waals surface area contributed by atoms with Crippen LogP contribution in [0, 0.1) is 0 Å². The highest BCUT2D eigenvalue weighted by Crippen LogP contribution is 2.38. The molecule has 0 aliphatic heterocycles. The van der Waals surface area contributed by atoms with Crippen molar-refractivity contribution in [3.05, 3.63) is 5.82 Å². The molecule has 1 aromatic rings. The second-order valence-corrected chi connectivity index (χ2v) is 4.33. The highest BCUT2D eigenvalue weighted by Gasteiger charge is 2.26. The van der Waals surface area contributed by atoms with Gasteiger partial charge >= 0.3 is 0 Å². The molecule has 1 aliphatic carbocycles. The summed E-state index contributed by atoms with van der Waals surface area (Å²) in [5, 5.41) is 7.99. The number of rotatable bonds is 5. The Morgan fingerprint density at radius 1 is 1.54 bits per heavy atom. The van der Waals surface area contributed by atoms with Gasteiger partial charge in [0.15, 0.2) is 0 Å². The summed E-state index contributed by atoms with van der Waals surface area (Å²) in [6.07, 6.45) is 3.56. The lowest BCUT2D eigenvalue weighted by Gasteiger charge is -1.92. The summed E-state index contributed by atoms with van der Waals surface area (Å²) in [5.41, 5.74) is 5.39. The Bertz CT molecular complexity index is 269. The van der Waals surface area contributed by atoms with Crippen LogP contribution in [0.2, 0.25) is 0 Å². The van der Waals surface area contributed by atoms with Gasteiger partial charge in [-0.3, -0.25) is 5.10 Å². The van der Waals surface area contributed by atoms with E-state index in [0.29, 0.717) is 5.92 Å². The van der Waals surface area contributed by atoms with Crippen molar-refractivity contribution in [3.63, 3.8) is 0 Å². The summed E-state index contributed by atoms with van der Waals surface area (Å²) in [7, 11) is 0. The quantitative estimate of drug-likeness (QED) is 0.549. The molecule has 1 aliphatic rings. The van der Waals surface area contributed by atoms with Gasteiger partial charge in [0.2, 0.25) is 5.16 Å². The lowest BCUT2D eigenvalue weighted by atomic mass is 10.4. The van der Waals surface area contributed by atoms with Gasteiger partial charge in [-0.15, -0.1) is 5.10 Å². The van der Waals surface area contributed by atoms with Crippen molar-refractivity contribution in [2.24, 2.45) is 5.73 Å². The molecular weight excluding hydrogens is 184 g/mol. The number of hydrogen-bond donors (Lipinski definition) is 2. The van der Waals surface area contributed by atoms with Gasteiger partial charge in [-0.2, -0.15) is 0 Å². The van der Waals surface area contributed by atoms with Gasteiger partial charge in [0, 0.05) is 11.7 Å². The Morgan fingerprint density at radius 3 is 3.08 bits per heavy atom. The molecule has 0 aromatic carbocycles. The summed E-state index contributed by atoms with van der Waals surface area (Å²) in [6, 6.07) is 0. The molecule has 1 saturated carbocycles. The number of hydrogen-bond acceptors (Lipinski definition) is 4. The van der Waals surface area contributed by atoms with Crippen LogP contribution in [-0.4, -0.2) is 27.5 Å². The van der Waals surface area contributed by atoms with E-state index in [1.54, 1.807) is 11.8 Å². The predicted molar refractivity (Wildman–Crippen MR) is 52.8 cm³/mol. The van der Waals surface area contributed by atoms with Crippen molar-refractivity contribution in [1.29, 1.82) is 0 Å². The second-order valence-electron chi connectivity index (χ2n) is 3.27. The fourth-order valence-electron chi connectivity index (χ4n) is 1.11. The van der Waals surface area contributed by atoms with Gasteiger partial charge in [-0.1, -0.05) is 11.8 Å². The Kier molecular flexibility index (Phi) is 2.85. The molecule has 1 aromatic heterocycles. The van der Waals surface area contributed by atoms with E-state index in [1.807, 2.05) is 0 Å².